The minimum Gasteiger partial charge on any atom is -0.490 e. The first kappa shape index (κ1) is 17.5. The van der Waals surface area contributed by atoms with Crippen LogP contribution in [0.15, 0.2) is 30.6 Å². The molecule has 2 heterocycles. The Balaban J connectivity index is 1.64. The quantitative estimate of drug-likeness (QED) is 0.815. The molecule has 0 atom stereocenters. The zero-order chi connectivity index (χ0) is 18.0. The third kappa shape index (κ3) is 4.21. The fraction of sp³-hybridized carbons (Fsp3) is 0.500. The van der Waals surface area contributed by atoms with Crippen LogP contribution < -0.4 is 4.74 Å². The summed E-state index contributed by atoms with van der Waals surface area (Å²) < 4.78 is 11.7. The first-order valence-electron chi connectivity index (χ1n) is 8.81. The number of amides is 1. The van der Waals surface area contributed by atoms with Gasteiger partial charge in [0, 0.05) is 49.1 Å². The van der Waals surface area contributed by atoms with E-state index in [0.29, 0.717) is 13.1 Å². The van der Waals surface area contributed by atoms with Gasteiger partial charge in [0.2, 0.25) is 0 Å². The number of fused-ring (bicyclic) bond motifs is 1. The molecule has 0 saturated carbocycles. The minimum atomic E-state index is -0.459. The van der Waals surface area contributed by atoms with Crippen molar-refractivity contribution in [1.82, 2.24) is 9.88 Å². The Bertz CT molecular complexity index is 754. The molecule has 0 radical (unpaired) electrons. The molecule has 1 aromatic carbocycles. The first-order chi connectivity index (χ1) is 11.8. The minimum absolute atomic E-state index is 0.108. The Kier molecular flexibility index (Phi) is 4.84. The molecule has 0 bridgehead atoms. The number of ether oxygens (including phenoxy) is 2. The lowest BCUT2D eigenvalue weighted by atomic mass is 10.1. The predicted octanol–water partition coefficient (Wildman–Crippen LogP) is 4.32. The highest BCUT2D eigenvalue weighted by molar-refractivity contribution is 5.90. The smallest absolute Gasteiger partial charge is 0.410 e. The fourth-order valence-electron chi connectivity index (χ4n) is 3.13. The Morgan fingerprint density at radius 1 is 1.20 bits per heavy atom. The van der Waals surface area contributed by atoms with Gasteiger partial charge in [0.05, 0.1) is 0 Å². The molecule has 0 unspecified atom stereocenters. The van der Waals surface area contributed by atoms with Gasteiger partial charge in [-0.15, -0.1) is 0 Å². The number of nitrogens with zero attached hydrogens (tertiary/aromatic N) is 2. The van der Waals surface area contributed by atoms with Crippen molar-refractivity contribution in [2.75, 3.05) is 13.1 Å². The van der Waals surface area contributed by atoms with Crippen LogP contribution in [0.3, 0.4) is 0 Å². The van der Waals surface area contributed by atoms with Gasteiger partial charge in [0.15, 0.2) is 0 Å². The third-order valence-corrected chi connectivity index (χ3v) is 4.32. The molecule has 134 valence electrons. The maximum absolute atomic E-state index is 12.2. The summed E-state index contributed by atoms with van der Waals surface area (Å²) in [4.78, 5) is 18.2. The van der Waals surface area contributed by atoms with Crippen LogP contribution in [-0.4, -0.2) is 40.8 Å². The van der Waals surface area contributed by atoms with Crippen LogP contribution in [-0.2, 0) is 4.74 Å². The summed E-state index contributed by atoms with van der Waals surface area (Å²) in [5, 5.41) is 2.20. The van der Waals surface area contributed by atoms with Crippen molar-refractivity contribution >= 4 is 16.9 Å². The van der Waals surface area contributed by atoms with Gasteiger partial charge in [-0.3, -0.25) is 4.98 Å². The highest BCUT2D eigenvalue weighted by Crippen LogP contribution is 2.30. The van der Waals surface area contributed by atoms with Crippen molar-refractivity contribution in [2.24, 2.45) is 0 Å². The van der Waals surface area contributed by atoms with E-state index in [-0.39, 0.29) is 12.2 Å². The average molecular weight is 342 g/mol. The maximum atomic E-state index is 12.2. The SMILES string of the molecule is Cc1cncc2cccc(OC3CCN(C(=O)OC(C)(C)C)CC3)c12. The summed E-state index contributed by atoms with van der Waals surface area (Å²) in [6.07, 6.45) is 5.20. The average Bonchev–Trinajstić information content (AvgIpc) is 2.54. The van der Waals surface area contributed by atoms with Crippen LogP contribution >= 0.6 is 0 Å². The molecule has 0 spiro atoms. The van der Waals surface area contributed by atoms with Crippen molar-refractivity contribution in [3.8, 4) is 5.75 Å². The summed E-state index contributed by atoms with van der Waals surface area (Å²) in [5.74, 6) is 0.896. The molecular weight excluding hydrogens is 316 g/mol. The summed E-state index contributed by atoms with van der Waals surface area (Å²) in [5.41, 5.74) is 0.651. The fourth-order valence-corrected chi connectivity index (χ4v) is 3.13. The largest absolute Gasteiger partial charge is 0.490 e. The maximum Gasteiger partial charge on any atom is 0.410 e. The van der Waals surface area contributed by atoms with Gasteiger partial charge in [-0.25, -0.2) is 4.79 Å². The number of pyridine rings is 1. The summed E-state index contributed by atoms with van der Waals surface area (Å²) >= 11 is 0. The summed E-state index contributed by atoms with van der Waals surface area (Å²) in [7, 11) is 0. The van der Waals surface area contributed by atoms with E-state index in [1.54, 1.807) is 4.90 Å². The summed E-state index contributed by atoms with van der Waals surface area (Å²) in [6.45, 7) is 9.03. The Morgan fingerprint density at radius 3 is 2.60 bits per heavy atom. The molecule has 5 nitrogen and oxygen atoms in total. The van der Waals surface area contributed by atoms with Crippen molar-refractivity contribution in [1.29, 1.82) is 0 Å². The molecule has 5 heteroatoms. The van der Waals surface area contributed by atoms with Crippen LogP contribution in [0.25, 0.3) is 10.8 Å². The van der Waals surface area contributed by atoms with E-state index in [0.717, 1.165) is 34.9 Å². The van der Waals surface area contributed by atoms with Crippen molar-refractivity contribution in [3.63, 3.8) is 0 Å². The van der Waals surface area contributed by atoms with E-state index < -0.39 is 5.60 Å². The molecule has 1 fully saturated rings. The number of rotatable bonds is 2. The molecule has 1 aliphatic heterocycles. The molecule has 1 amide bonds. The molecule has 1 aliphatic rings. The van der Waals surface area contributed by atoms with Crippen LogP contribution in [0.4, 0.5) is 4.79 Å². The van der Waals surface area contributed by atoms with E-state index in [1.807, 2.05) is 58.3 Å². The highest BCUT2D eigenvalue weighted by Gasteiger charge is 2.27. The van der Waals surface area contributed by atoms with E-state index in [4.69, 9.17) is 9.47 Å². The van der Waals surface area contributed by atoms with Crippen LogP contribution in [0, 0.1) is 6.92 Å². The number of hydrogen-bond acceptors (Lipinski definition) is 4. The van der Waals surface area contributed by atoms with Crippen LogP contribution in [0.1, 0.15) is 39.2 Å². The van der Waals surface area contributed by atoms with Gasteiger partial charge in [-0.05, 0) is 39.3 Å². The highest BCUT2D eigenvalue weighted by atomic mass is 16.6. The van der Waals surface area contributed by atoms with Crippen LogP contribution in [0.2, 0.25) is 0 Å². The Hall–Kier alpha value is -2.30. The van der Waals surface area contributed by atoms with Crippen LogP contribution in [0.5, 0.6) is 5.75 Å². The van der Waals surface area contributed by atoms with E-state index in [1.165, 1.54) is 0 Å². The molecule has 2 aromatic rings. The van der Waals surface area contributed by atoms with Gasteiger partial charge in [0.1, 0.15) is 17.5 Å². The monoisotopic (exact) mass is 342 g/mol. The van der Waals surface area contributed by atoms with E-state index in [2.05, 4.69) is 4.98 Å². The zero-order valence-electron chi connectivity index (χ0n) is 15.4. The molecule has 1 aromatic heterocycles. The van der Waals surface area contributed by atoms with Gasteiger partial charge in [0.25, 0.3) is 0 Å². The van der Waals surface area contributed by atoms with Crippen molar-refractivity contribution < 1.29 is 14.3 Å². The molecule has 25 heavy (non-hydrogen) atoms. The van der Waals surface area contributed by atoms with Gasteiger partial charge in [-0.1, -0.05) is 12.1 Å². The molecule has 3 rings (SSSR count). The van der Waals surface area contributed by atoms with Gasteiger partial charge in [-0.2, -0.15) is 0 Å². The Labute approximate surface area is 148 Å². The van der Waals surface area contributed by atoms with Gasteiger partial charge < -0.3 is 14.4 Å². The lowest BCUT2D eigenvalue weighted by Gasteiger charge is -2.33. The van der Waals surface area contributed by atoms with Crippen molar-refractivity contribution in [3.05, 3.63) is 36.2 Å². The third-order valence-electron chi connectivity index (χ3n) is 4.32. The number of carbonyl (C=O) groups excluding carboxylic acids is 1. The summed E-state index contributed by atoms with van der Waals surface area (Å²) in [6, 6.07) is 6.05. The second-order valence-electron chi connectivity index (χ2n) is 7.60. The number of benzene rings is 1. The van der Waals surface area contributed by atoms with E-state index >= 15 is 0 Å². The topological polar surface area (TPSA) is 51.7 Å². The predicted molar refractivity (Wildman–Crippen MR) is 97.9 cm³/mol. The lowest BCUT2D eigenvalue weighted by molar-refractivity contribution is 0.0128. The normalized spacial score (nSPS) is 16.1. The first-order valence-corrected chi connectivity index (χ1v) is 8.81. The zero-order valence-corrected chi connectivity index (χ0v) is 15.4. The number of piperidine rings is 1. The van der Waals surface area contributed by atoms with E-state index in [9.17, 15) is 4.79 Å². The second-order valence-corrected chi connectivity index (χ2v) is 7.60. The standard InChI is InChI=1S/C20H26N2O3/c1-14-12-21-13-15-6-5-7-17(18(14)15)24-16-8-10-22(11-9-16)19(23)25-20(2,3)4/h5-7,12-13,16H,8-11H2,1-4H3. The molecular formula is C20H26N2O3. The molecule has 1 saturated heterocycles. The van der Waals surface area contributed by atoms with Gasteiger partial charge >= 0.3 is 6.09 Å². The number of carbonyl (C=O) groups is 1. The molecule has 0 aliphatic carbocycles. The lowest BCUT2D eigenvalue weighted by Crippen LogP contribution is -2.44. The number of aryl methyl sites for hydroxylation is 1. The molecule has 0 N–H and O–H groups in total. The Morgan fingerprint density at radius 2 is 1.92 bits per heavy atom. The van der Waals surface area contributed by atoms with Crippen molar-refractivity contribution in [2.45, 2.75) is 52.2 Å². The second kappa shape index (κ2) is 6.90. The number of hydrogen-bond donors (Lipinski definition) is 0. The number of aromatic nitrogens is 1. The number of likely N-dealkylation sites (tertiary alicyclic amines) is 1.